The Balaban J connectivity index is 1.65. The Bertz CT molecular complexity index is 1220. The zero-order valence-corrected chi connectivity index (χ0v) is 21.4. The van der Waals surface area contributed by atoms with Gasteiger partial charge < -0.3 is 10.4 Å². The van der Waals surface area contributed by atoms with Crippen LogP contribution in [-0.4, -0.2) is 41.0 Å². The van der Waals surface area contributed by atoms with Crippen LogP contribution in [-0.2, 0) is 4.79 Å². The van der Waals surface area contributed by atoms with E-state index in [1.165, 1.54) is 6.92 Å². The van der Waals surface area contributed by atoms with Crippen LogP contribution < -0.4 is 5.32 Å². The second-order valence-corrected chi connectivity index (χ2v) is 11.4. The van der Waals surface area contributed by atoms with E-state index >= 15 is 8.78 Å². The summed E-state index contributed by atoms with van der Waals surface area (Å²) < 4.78 is 71.0. The normalized spacial score (nSPS) is 33.3. The second kappa shape index (κ2) is 9.00. The van der Waals surface area contributed by atoms with E-state index < -0.39 is 41.4 Å². The maximum Gasteiger partial charge on any atom is 0.456 e. The zero-order chi connectivity index (χ0) is 27.7. The van der Waals surface area contributed by atoms with Crippen LogP contribution in [0.3, 0.4) is 0 Å². The lowest BCUT2D eigenvalue weighted by Crippen LogP contribution is -2.65. The Labute approximate surface area is 218 Å². The predicted octanol–water partition coefficient (Wildman–Crippen LogP) is 6.26. The fraction of sp³-hybridized carbons (Fsp3) is 0.586. The first-order valence-electron chi connectivity index (χ1n) is 13.3. The number of rotatable bonds is 4. The van der Waals surface area contributed by atoms with Crippen LogP contribution in [0.1, 0.15) is 80.6 Å². The minimum Gasteiger partial charge on any atom is -0.383 e. The predicted molar refractivity (Wildman–Crippen MR) is 131 cm³/mol. The molecule has 1 aromatic rings. The van der Waals surface area contributed by atoms with Crippen LogP contribution >= 0.6 is 0 Å². The highest BCUT2D eigenvalue weighted by molar-refractivity contribution is 5.94. The van der Waals surface area contributed by atoms with Gasteiger partial charge in [0.05, 0.1) is 0 Å². The van der Waals surface area contributed by atoms with Gasteiger partial charge in [0.2, 0.25) is 0 Å². The average Bonchev–Trinajstić information content (AvgIpc) is 3.14. The third kappa shape index (κ3) is 3.79. The van der Waals surface area contributed by atoms with Crippen molar-refractivity contribution in [3.63, 3.8) is 0 Å². The highest BCUT2D eigenvalue weighted by Crippen LogP contribution is 2.70. The molecule has 0 radical (unpaired) electrons. The summed E-state index contributed by atoms with van der Waals surface area (Å²) in [5, 5.41) is 14.0. The molecule has 0 heterocycles. The minimum atomic E-state index is -5.88. The first kappa shape index (κ1) is 27.0. The van der Waals surface area contributed by atoms with Gasteiger partial charge in [0.15, 0.2) is 5.78 Å². The van der Waals surface area contributed by atoms with Crippen LogP contribution in [0.25, 0.3) is 0 Å². The summed E-state index contributed by atoms with van der Waals surface area (Å²) in [4.78, 5) is 24.4. The van der Waals surface area contributed by atoms with Gasteiger partial charge in [-0.05, 0) is 92.2 Å². The number of aliphatic hydroxyl groups is 1. The number of nitrogens with one attached hydrogen (secondary N) is 1. The van der Waals surface area contributed by atoms with Crippen molar-refractivity contribution < 1.29 is 36.6 Å². The van der Waals surface area contributed by atoms with Gasteiger partial charge in [-0.3, -0.25) is 9.59 Å². The first-order valence-corrected chi connectivity index (χ1v) is 13.3. The standard InChI is InChI=1S/C29H32F5NO3/c1-3-35-25(37)17-6-4-16(5-7-17)22-15-26(2)23(12-13-27(26,38)28(30,31)29(32,33)34)21-10-8-18-14-19(36)9-11-20(18)24(21)22/h4-7,14,21-23,38H,3,8-13,15H2,1-2H3,(H,35,37)/t21?,22-,23+,26?,27+/m1/s1. The van der Waals surface area contributed by atoms with E-state index in [0.29, 0.717) is 43.4 Å². The fourth-order valence-corrected chi connectivity index (χ4v) is 7.84. The summed E-state index contributed by atoms with van der Waals surface area (Å²) in [5.41, 5.74) is -0.881. The number of hydrogen-bond donors (Lipinski definition) is 2. The molecule has 1 aromatic carbocycles. The van der Waals surface area contributed by atoms with Gasteiger partial charge in [-0.2, -0.15) is 22.0 Å². The Kier molecular flexibility index (Phi) is 6.40. The van der Waals surface area contributed by atoms with Crippen molar-refractivity contribution in [2.75, 3.05) is 6.54 Å². The molecule has 2 unspecified atom stereocenters. The molecule has 2 N–H and O–H groups in total. The fourth-order valence-electron chi connectivity index (χ4n) is 7.84. The topological polar surface area (TPSA) is 66.4 Å². The number of hydrogen-bond acceptors (Lipinski definition) is 3. The molecule has 0 aromatic heterocycles. The number of benzene rings is 1. The van der Waals surface area contributed by atoms with E-state index in [-0.39, 0.29) is 30.4 Å². The van der Waals surface area contributed by atoms with Crippen LogP contribution in [0.2, 0.25) is 0 Å². The number of carbonyl (C=O) groups excluding carboxylic acids is 2. The molecule has 4 aliphatic carbocycles. The molecule has 4 nitrogen and oxygen atoms in total. The Morgan fingerprint density at radius 2 is 1.76 bits per heavy atom. The Hall–Kier alpha value is -2.55. The molecule has 5 atom stereocenters. The maximum atomic E-state index is 15.0. The summed E-state index contributed by atoms with van der Waals surface area (Å²) in [6.45, 7) is 3.64. The van der Waals surface area contributed by atoms with Crippen molar-refractivity contribution in [2.45, 2.75) is 82.4 Å². The Morgan fingerprint density at radius 3 is 2.39 bits per heavy atom. The van der Waals surface area contributed by atoms with Crippen LogP contribution in [0.4, 0.5) is 22.0 Å². The average molecular weight is 538 g/mol. The van der Waals surface area contributed by atoms with Crippen molar-refractivity contribution in [3.05, 3.63) is 58.2 Å². The van der Waals surface area contributed by atoms with E-state index in [1.54, 1.807) is 37.3 Å². The molecule has 0 aliphatic heterocycles. The lowest BCUT2D eigenvalue weighted by atomic mass is 9.50. The highest BCUT2D eigenvalue weighted by Gasteiger charge is 2.79. The van der Waals surface area contributed by atoms with Gasteiger partial charge >= 0.3 is 12.1 Å². The summed E-state index contributed by atoms with van der Waals surface area (Å²) in [7, 11) is 0. The summed E-state index contributed by atoms with van der Waals surface area (Å²) in [5.74, 6) is -6.85. The molecule has 5 rings (SSSR count). The van der Waals surface area contributed by atoms with E-state index in [4.69, 9.17) is 0 Å². The molecule has 0 saturated heterocycles. The molecule has 4 aliphatic rings. The largest absolute Gasteiger partial charge is 0.456 e. The molecule has 2 fully saturated rings. The van der Waals surface area contributed by atoms with Crippen molar-refractivity contribution in [3.8, 4) is 0 Å². The first-order chi connectivity index (χ1) is 17.7. The smallest absolute Gasteiger partial charge is 0.383 e. The molecule has 38 heavy (non-hydrogen) atoms. The summed E-state index contributed by atoms with van der Waals surface area (Å²) in [6, 6.07) is 6.71. The number of fused-ring (bicyclic) bond motifs is 4. The maximum absolute atomic E-state index is 15.0. The lowest BCUT2D eigenvalue weighted by molar-refractivity contribution is -0.362. The van der Waals surface area contributed by atoms with E-state index in [9.17, 15) is 27.9 Å². The van der Waals surface area contributed by atoms with E-state index in [1.807, 2.05) is 0 Å². The molecule has 9 heteroatoms. The third-order valence-corrected chi connectivity index (χ3v) is 9.67. The number of carbonyl (C=O) groups is 2. The SMILES string of the molecule is CCNC(=O)c1ccc([C@H]2CC3(C)[C@@H](CC[C@@]3(O)C(F)(F)C(F)(F)F)C3CCC4=CC(=O)CCC4=C32)cc1. The molecule has 0 spiro atoms. The quantitative estimate of drug-likeness (QED) is 0.446. The van der Waals surface area contributed by atoms with Gasteiger partial charge in [-0.25, -0.2) is 0 Å². The van der Waals surface area contributed by atoms with Crippen molar-refractivity contribution >= 4 is 11.7 Å². The zero-order valence-electron chi connectivity index (χ0n) is 21.4. The van der Waals surface area contributed by atoms with Gasteiger partial charge in [0.1, 0.15) is 5.60 Å². The second-order valence-electron chi connectivity index (χ2n) is 11.4. The molecule has 0 bridgehead atoms. The molecular formula is C29H32F5NO3. The molecule has 206 valence electrons. The lowest BCUT2D eigenvalue weighted by Gasteiger charge is -2.56. The van der Waals surface area contributed by atoms with Gasteiger partial charge in [-0.1, -0.05) is 24.6 Å². The minimum absolute atomic E-state index is 0.0337. The highest BCUT2D eigenvalue weighted by atomic mass is 19.4. The number of halogens is 5. The van der Waals surface area contributed by atoms with Gasteiger partial charge in [0, 0.05) is 29.9 Å². The summed E-state index contributed by atoms with van der Waals surface area (Å²) in [6.07, 6.45) is -2.96. The number of allylic oxidation sites excluding steroid dienone is 4. The van der Waals surface area contributed by atoms with E-state index in [0.717, 1.165) is 16.7 Å². The number of ketones is 1. The molecular weight excluding hydrogens is 505 g/mol. The van der Waals surface area contributed by atoms with Crippen LogP contribution in [0, 0.1) is 17.3 Å². The van der Waals surface area contributed by atoms with Crippen LogP contribution in [0.15, 0.2) is 47.1 Å². The van der Waals surface area contributed by atoms with Crippen molar-refractivity contribution in [2.24, 2.45) is 17.3 Å². The van der Waals surface area contributed by atoms with Gasteiger partial charge in [-0.15, -0.1) is 0 Å². The number of amides is 1. The van der Waals surface area contributed by atoms with E-state index in [2.05, 4.69) is 5.32 Å². The Morgan fingerprint density at radius 1 is 1.08 bits per heavy atom. The third-order valence-electron chi connectivity index (χ3n) is 9.67. The number of alkyl halides is 5. The molecule has 1 amide bonds. The van der Waals surface area contributed by atoms with Crippen molar-refractivity contribution in [1.29, 1.82) is 0 Å². The van der Waals surface area contributed by atoms with Gasteiger partial charge in [0.25, 0.3) is 5.91 Å². The monoisotopic (exact) mass is 537 g/mol. The molecule has 2 saturated carbocycles. The van der Waals surface area contributed by atoms with Crippen LogP contribution in [0.5, 0.6) is 0 Å². The van der Waals surface area contributed by atoms with Crippen molar-refractivity contribution in [1.82, 2.24) is 5.32 Å². The summed E-state index contributed by atoms with van der Waals surface area (Å²) >= 11 is 0.